The Kier molecular flexibility index (Phi) is 13.9. The van der Waals surface area contributed by atoms with Crippen molar-refractivity contribution in [2.45, 2.75) is 0 Å². The van der Waals surface area contributed by atoms with Crippen molar-refractivity contribution in [2.24, 2.45) is 4.52 Å². The Morgan fingerprint density at radius 2 is 0.917 bits per heavy atom. The lowest BCUT2D eigenvalue weighted by Gasteiger charge is -2.37. The molecule has 1 aliphatic rings. The van der Waals surface area contributed by atoms with Gasteiger partial charge in [-0.25, -0.2) is 4.52 Å². The fourth-order valence-electron chi connectivity index (χ4n) is 0.731. The van der Waals surface area contributed by atoms with Crippen LogP contribution in [0.3, 0.4) is 0 Å². The minimum absolute atomic E-state index is 0.817. The molecule has 0 aromatic heterocycles. The molecule has 24 heavy (non-hydrogen) atoms. The van der Waals surface area contributed by atoms with E-state index in [-0.39, 0.29) is 0 Å². The van der Waals surface area contributed by atoms with E-state index in [0.717, 1.165) is 19.8 Å². The first-order valence-electron chi connectivity index (χ1n) is 4.43. The summed E-state index contributed by atoms with van der Waals surface area (Å²) in [6.07, 6.45) is 0. The fraction of sp³-hybridized carbons (Fsp3) is 0. The lowest BCUT2D eigenvalue weighted by molar-refractivity contribution is 0.978. The van der Waals surface area contributed by atoms with Crippen LogP contribution in [0.25, 0.3) is 0 Å². The third-order valence-electron chi connectivity index (χ3n) is 1.61. The van der Waals surface area contributed by atoms with Gasteiger partial charge in [0.25, 0.3) is 0 Å². The van der Waals surface area contributed by atoms with Crippen molar-refractivity contribution in [1.29, 1.82) is 0 Å². The van der Waals surface area contributed by atoms with Crippen LogP contribution in [0.1, 0.15) is 0 Å². The van der Waals surface area contributed by atoms with Gasteiger partial charge in [-0.05, 0) is 92.6 Å². The van der Waals surface area contributed by atoms with Crippen LogP contribution in [0, 0.1) is 0 Å². The van der Waals surface area contributed by atoms with Crippen molar-refractivity contribution in [2.75, 3.05) is 0 Å². The number of hydrogen-bond acceptors (Lipinski definition) is 6. The molecule has 1 aliphatic heterocycles. The average Bonchev–Trinajstić information content (AvgIpc) is 2.54. The van der Waals surface area contributed by atoms with E-state index >= 15 is 0 Å². The van der Waals surface area contributed by atoms with Crippen molar-refractivity contribution in [3.8, 4) is 0 Å². The Morgan fingerprint density at radius 1 is 0.583 bits per heavy atom. The normalized spacial score (nSPS) is 39.9. The molecule has 6 nitrogen and oxygen atoms in total. The van der Waals surface area contributed by atoms with Crippen molar-refractivity contribution < 1.29 is 0 Å². The van der Waals surface area contributed by atoms with Crippen LogP contribution in [0.2, 0.25) is 0 Å². The van der Waals surface area contributed by atoms with Crippen molar-refractivity contribution in [3.63, 3.8) is 0 Å². The zero-order valence-electron chi connectivity index (χ0n) is 9.90. The smallest absolute Gasteiger partial charge is 0.201 e. The lowest BCUT2D eigenvalue weighted by Crippen LogP contribution is -2.12. The monoisotopic (exact) mass is 689 g/mol. The van der Waals surface area contributed by atoms with E-state index in [0.29, 0.717) is 0 Å². The first-order valence-corrected chi connectivity index (χ1v) is 20.4. The molecule has 5 unspecified atom stereocenters. The fourth-order valence-corrected chi connectivity index (χ4v) is 23.3. The largest absolute Gasteiger partial charge is 0.231 e. The first kappa shape index (κ1) is 27.7. The molecule has 0 saturated carbocycles. The Morgan fingerprint density at radius 3 is 1.33 bits per heavy atom. The maximum atomic E-state index is 6.18. The van der Waals surface area contributed by atoms with E-state index in [1.54, 1.807) is 0 Å². The SMILES string of the molecule is ClN1P(Cl)N=P(Cl)(Cl)N(Cl)P(Cl)N(Cl)P(Cl)N(Cl)P(Cl)N(Cl)P1Cl. The van der Waals surface area contributed by atoms with Gasteiger partial charge in [0.1, 0.15) is 0 Å². The standard InChI is InChI=1S/Cl12N6P6/c1-14-19(6)13-24(11,12)18(5)23(10)17(4)22(9)16(3)21(8)15(2)20(14)7. The average molecular weight is 695 g/mol. The van der Waals surface area contributed by atoms with Gasteiger partial charge in [-0.15, -0.1) is 19.8 Å². The maximum Gasteiger partial charge on any atom is 0.231 e. The highest BCUT2D eigenvalue weighted by Crippen LogP contribution is 2.85. The Balaban J connectivity index is 3.38. The highest BCUT2D eigenvalue weighted by Gasteiger charge is 2.44. The quantitative estimate of drug-likeness (QED) is 0.186. The van der Waals surface area contributed by atoms with Gasteiger partial charge >= 0.3 is 0 Å². The molecule has 0 bridgehead atoms. The van der Waals surface area contributed by atoms with E-state index < -0.39 is 43.8 Å². The summed E-state index contributed by atoms with van der Waals surface area (Å²) in [6.45, 7) is 0. The molecule has 0 aliphatic carbocycles. The Bertz CT molecular complexity index is 475. The number of halogens is 12. The Labute approximate surface area is 203 Å². The summed E-state index contributed by atoms with van der Waals surface area (Å²) in [5, 5.41) is 0. The summed E-state index contributed by atoms with van der Waals surface area (Å²) in [7, 11) is -10.0. The number of rotatable bonds is 0. The molecule has 5 atom stereocenters. The molecule has 0 N–H and O–H groups in total. The Hall–Kier alpha value is 5.66. The maximum absolute atomic E-state index is 6.18. The van der Waals surface area contributed by atoms with Crippen LogP contribution in [0.15, 0.2) is 4.52 Å². The lowest BCUT2D eigenvalue weighted by atomic mass is 13.7. The van der Waals surface area contributed by atoms with Gasteiger partial charge < -0.3 is 0 Å². The van der Waals surface area contributed by atoms with Crippen LogP contribution in [-0.4, -0.2) is 19.8 Å². The van der Waals surface area contributed by atoms with E-state index in [2.05, 4.69) is 4.52 Å². The molecule has 0 aromatic rings. The molecule has 24 heteroatoms. The molecular weight excluding hydrogens is 695 g/mol. The van der Waals surface area contributed by atoms with Crippen LogP contribution in [0.5, 0.6) is 0 Å². The second-order valence-electron chi connectivity index (χ2n) is 2.95. The van der Waals surface area contributed by atoms with Crippen LogP contribution in [-0.2, 0) is 0 Å². The van der Waals surface area contributed by atoms with Gasteiger partial charge in [0, 0.05) is 0 Å². The van der Waals surface area contributed by atoms with E-state index in [1.807, 2.05) is 0 Å². The summed E-state index contributed by atoms with van der Waals surface area (Å²) in [5.41, 5.74) is 0. The predicted octanol–water partition coefficient (Wildman–Crippen LogP) is 12.0. The second-order valence-corrected chi connectivity index (χ2v) is 24.5. The van der Waals surface area contributed by atoms with Gasteiger partial charge in [0.05, 0.1) is 0 Å². The highest BCUT2D eigenvalue weighted by molar-refractivity contribution is 8.17. The minimum atomic E-state index is -3.41. The van der Waals surface area contributed by atoms with Gasteiger partial charge in [0.15, 0.2) is 30.3 Å². The van der Waals surface area contributed by atoms with Crippen LogP contribution in [0.4, 0.5) is 0 Å². The predicted molar refractivity (Wildman–Crippen MR) is 123 cm³/mol. The second kappa shape index (κ2) is 12.0. The van der Waals surface area contributed by atoms with Gasteiger partial charge in [-0.3, -0.25) is 0 Å². The van der Waals surface area contributed by atoms with E-state index in [4.69, 9.17) is 138 Å². The van der Waals surface area contributed by atoms with E-state index in [9.17, 15) is 0 Å². The molecule has 0 aromatic carbocycles. The van der Waals surface area contributed by atoms with Crippen molar-refractivity contribution in [1.82, 2.24) is 19.8 Å². The molecule has 1 heterocycles. The zero-order valence-corrected chi connectivity index (χ0v) is 24.3. The molecular formula is Cl12N6P6. The molecule has 0 spiro atoms. The van der Waals surface area contributed by atoms with Crippen molar-refractivity contribution in [3.05, 3.63) is 0 Å². The summed E-state index contributed by atoms with van der Waals surface area (Å²) in [6, 6.07) is 0. The molecule has 144 valence electrons. The number of nitrogens with zero attached hydrogens (tertiary/aromatic N) is 6. The molecule has 0 amide bonds. The topological polar surface area (TPSA) is 28.6 Å². The van der Waals surface area contributed by atoms with Gasteiger partial charge in [-0.1, -0.05) is 45.0 Å². The highest BCUT2D eigenvalue weighted by atomic mass is 35.9. The third-order valence-corrected chi connectivity index (χ3v) is 28.6. The number of hydrogen-bond donors (Lipinski definition) is 0. The summed E-state index contributed by atoms with van der Waals surface area (Å²) >= 11 is 73.4. The first-order chi connectivity index (χ1) is 10.8. The molecule has 1 rings (SSSR count). The minimum Gasteiger partial charge on any atom is -0.201 e. The molecule has 0 radical (unpaired) electrons. The van der Waals surface area contributed by atoms with E-state index in [1.165, 1.54) is 0 Å². The summed E-state index contributed by atoms with van der Waals surface area (Å²) in [4.78, 5) is 0. The van der Waals surface area contributed by atoms with Crippen LogP contribution >= 0.6 is 181 Å². The summed E-state index contributed by atoms with van der Waals surface area (Å²) < 4.78 is 8.52. The van der Waals surface area contributed by atoms with Crippen molar-refractivity contribution >= 4 is 181 Å². The summed E-state index contributed by atoms with van der Waals surface area (Å²) in [5.74, 6) is -3.41. The third kappa shape index (κ3) is 7.09. The molecule has 0 fully saturated rings. The van der Waals surface area contributed by atoms with Gasteiger partial charge in [0.2, 0.25) is 13.5 Å². The van der Waals surface area contributed by atoms with Gasteiger partial charge in [-0.2, -0.15) is 0 Å². The zero-order chi connectivity index (χ0) is 19.0. The van der Waals surface area contributed by atoms with Crippen LogP contribution < -0.4 is 0 Å². The molecule has 0 saturated heterocycles.